The summed E-state index contributed by atoms with van der Waals surface area (Å²) in [7, 11) is 0. The second-order valence-electron chi connectivity index (χ2n) is 7.10. The lowest BCUT2D eigenvalue weighted by Crippen LogP contribution is -2.00. The minimum absolute atomic E-state index is 0.556. The summed E-state index contributed by atoms with van der Waals surface area (Å²) in [5.41, 5.74) is 4.73. The summed E-state index contributed by atoms with van der Waals surface area (Å²) in [5, 5.41) is 7.36. The van der Waals surface area contributed by atoms with Gasteiger partial charge in [-0.1, -0.05) is 75.2 Å². The molecule has 0 fully saturated rings. The molecule has 0 saturated heterocycles. The smallest absolute Gasteiger partial charge is 0.126 e. The Hall–Kier alpha value is -2.68. The summed E-state index contributed by atoms with van der Waals surface area (Å²) in [5.74, 6) is -0.500. The van der Waals surface area contributed by atoms with Crippen molar-refractivity contribution < 1.29 is 8.78 Å². The molecule has 3 aromatic carbocycles. The molecular weight excluding hydrogens is 384 g/mol. The van der Waals surface area contributed by atoms with E-state index in [1.165, 1.54) is 30.5 Å². The molecule has 0 aliphatic heterocycles. The molecule has 1 nitrogen and oxygen atoms in total. The predicted octanol–water partition coefficient (Wildman–Crippen LogP) is 7.95. The van der Waals surface area contributed by atoms with E-state index in [4.69, 9.17) is 5.41 Å². The first kappa shape index (κ1) is 22.6. The fraction of sp³-hybridized carbons (Fsp3) is 0.240. The van der Waals surface area contributed by atoms with Crippen molar-refractivity contribution >= 4 is 17.4 Å². The largest absolute Gasteiger partial charge is 0.248 e. The van der Waals surface area contributed by atoms with E-state index in [0.29, 0.717) is 11.5 Å². The van der Waals surface area contributed by atoms with Gasteiger partial charge in [0.2, 0.25) is 0 Å². The van der Waals surface area contributed by atoms with Gasteiger partial charge in [-0.3, -0.25) is 0 Å². The Labute approximate surface area is 176 Å². The van der Waals surface area contributed by atoms with Crippen LogP contribution in [0.15, 0.2) is 66.7 Å². The molecule has 0 amide bonds. The molecule has 29 heavy (non-hydrogen) atoms. The van der Waals surface area contributed by atoms with Crippen molar-refractivity contribution in [2.45, 2.75) is 33.1 Å². The van der Waals surface area contributed by atoms with Gasteiger partial charge < -0.3 is 0 Å². The number of hydrogen-bond donors (Lipinski definition) is 1. The summed E-state index contributed by atoms with van der Waals surface area (Å²) in [6.07, 6.45) is 3.37. The minimum Gasteiger partial charge on any atom is -0.248 e. The van der Waals surface area contributed by atoms with Crippen molar-refractivity contribution in [3.8, 4) is 22.3 Å². The van der Waals surface area contributed by atoms with Crippen LogP contribution in [0.1, 0.15) is 32.3 Å². The quantitative estimate of drug-likeness (QED) is 0.324. The topological polar surface area (TPSA) is 23.9 Å². The van der Waals surface area contributed by atoms with Crippen LogP contribution in [0.4, 0.5) is 8.78 Å². The van der Waals surface area contributed by atoms with Gasteiger partial charge in [-0.05, 0) is 64.5 Å². The first-order valence-electron chi connectivity index (χ1n) is 9.67. The van der Waals surface area contributed by atoms with Gasteiger partial charge in [0.05, 0.1) is 5.16 Å². The third-order valence-electron chi connectivity index (χ3n) is 4.71. The van der Waals surface area contributed by atoms with Crippen molar-refractivity contribution in [2.24, 2.45) is 5.92 Å². The molecular formula is C25H25F2NS. The van der Waals surface area contributed by atoms with Crippen LogP contribution in [0.3, 0.4) is 0 Å². The maximum atomic E-state index is 13.7. The predicted molar refractivity (Wildman–Crippen MR) is 120 cm³/mol. The normalized spacial score (nSPS) is 11.2. The van der Waals surface area contributed by atoms with Crippen molar-refractivity contribution in [2.75, 3.05) is 0 Å². The van der Waals surface area contributed by atoms with Crippen LogP contribution in [-0.4, -0.2) is 5.16 Å². The average Bonchev–Trinajstić information content (AvgIpc) is 2.68. The molecule has 0 aliphatic rings. The number of benzene rings is 3. The van der Waals surface area contributed by atoms with Gasteiger partial charge in [0.1, 0.15) is 11.6 Å². The molecule has 0 bridgehead atoms. The zero-order chi connectivity index (χ0) is 21.2. The lowest BCUT2D eigenvalue weighted by atomic mass is 9.89. The fourth-order valence-corrected chi connectivity index (χ4v) is 3.53. The van der Waals surface area contributed by atoms with Crippen LogP contribution < -0.4 is 0 Å². The van der Waals surface area contributed by atoms with Gasteiger partial charge in [-0.25, -0.2) is 14.2 Å². The lowest BCUT2D eigenvalue weighted by Gasteiger charge is -2.15. The SMILES string of the molecule is CCC[C@@H](C)Cc1ccc(-c2cc(F)cc(F)c2)c(-c2ccccc2)c1.N=C=S. The third-order valence-corrected chi connectivity index (χ3v) is 4.71. The standard InChI is InChI=1S/C24H24F2.CHNS/c1-3-7-17(2)12-18-10-11-23(20-14-21(25)16-22(26)15-20)24(13-18)19-8-5-4-6-9-19;2-1-3/h4-6,8-11,13-17H,3,7,12H2,1-2H3;2H/t17-;/m1./s1. The van der Waals surface area contributed by atoms with Crippen LogP contribution >= 0.6 is 12.2 Å². The van der Waals surface area contributed by atoms with Gasteiger partial charge in [0, 0.05) is 6.07 Å². The molecule has 3 rings (SSSR count). The molecule has 0 aromatic heterocycles. The number of rotatable bonds is 6. The molecule has 1 N–H and O–H groups in total. The maximum Gasteiger partial charge on any atom is 0.126 e. The molecule has 0 spiro atoms. The van der Waals surface area contributed by atoms with Crippen molar-refractivity contribution in [1.29, 1.82) is 5.41 Å². The number of nitrogens with one attached hydrogen (secondary N) is 1. The van der Waals surface area contributed by atoms with Crippen molar-refractivity contribution in [1.82, 2.24) is 0 Å². The summed E-state index contributed by atoms with van der Waals surface area (Å²) < 4.78 is 27.5. The number of thiocarbonyl (C=S) groups is 1. The minimum atomic E-state index is -0.556. The van der Waals surface area contributed by atoms with Gasteiger partial charge in [0.15, 0.2) is 0 Å². The molecule has 4 heteroatoms. The van der Waals surface area contributed by atoms with Crippen molar-refractivity contribution in [3.05, 3.63) is 83.9 Å². The summed E-state index contributed by atoms with van der Waals surface area (Å²) in [6.45, 7) is 4.47. The average molecular weight is 410 g/mol. The highest BCUT2D eigenvalue weighted by atomic mass is 32.1. The van der Waals surface area contributed by atoms with E-state index in [9.17, 15) is 8.78 Å². The summed E-state index contributed by atoms with van der Waals surface area (Å²) in [4.78, 5) is 0. The van der Waals surface area contributed by atoms with Crippen LogP contribution in [0, 0.1) is 23.0 Å². The monoisotopic (exact) mass is 409 g/mol. The van der Waals surface area contributed by atoms with Crippen LogP contribution in [-0.2, 0) is 6.42 Å². The maximum absolute atomic E-state index is 13.7. The molecule has 0 heterocycles. The Morgan fingerprint density at radius 2 is 1.52 bits per heavy atom. The highest BCUT2D eigenvalue weighted by molar-refractivity contribution is 7.78. The molecule has 0 aliphatic carbocycles. The first-order chi connectivity index (χ1) is 14.0. The Kier molecular flexibility index (Phi) is 8.85. The Morgan fingerprint density at radius 3 is 2.10 bits per heavy atom. The second kappa shape index (κ2) is 11.4. The van der Waals surface area contributed by atoms with Crippen LogP contribution in [0.5, 0.6) is 0 Å². The van der Waals surface area contributed by atoms with Crippen LogP contribution in [0.2, 0.25) is 0 Å². The van der Waals surface area contributed by atoms with E-state index in [0.717, 1.165) is 29.2 Å². The molecule has 0 saturated carbocycles. The first-order valence-corrected chi connectivity index (χ1v) is 10.1. The Morgan fingerprint density at radius 1 is 0.897 bits per heavy atom. The number of isothiocyanates is 1. The molecule has 0 unspecified atom stereocenters. The van der Waals surface area contributed by atoms with Gasteiger partial charge >= 0.3 is 0 Å². The van der Waals surface area contributed by atoms with E-state index >= 15 is 0 Å². The van der Waals surface area contributed by atoms with E-state index in [2.05, 4.69) is 38.2 Å². The zero-order valence-corrected chi connectivity index (χ0v) is 17.5. The zero-order valence-electron chi connectivity index (χ0n) is 16.7. The second-order valence-corrected chi connectivity index (χ2v) is 7.31. The fourth-order valence-electron chi connectivity index (χ4n) is 3.53. The molecule has 150 valence electrons. The summed E-state index contributed by atoms with van der Waals surface area (Å²) >= 11 is 3.81. The van der Waals surface area contributed by atoms with E-state index < -0.39 is 11.6 Å². The molecule has 1 atom stereocenters. The highest BCUT2D eigenvalue weighted by Gasteiger charge is 2.12. The lowest BCUT2D eigenvalue weighted by molar-refractivity contribution is 0.522. The Bertz CT molecular complexity index is 944. The number of halogens is 2. The van der Waals surface area contributed by atoms with Crippen molar-refractivity contribution in [3.63, 3.8) is 0 Å². The number of hydrogen-bond acceptors (Lipinski definition) is 2. The van der Waals surface area contributed by atoms with E-state index in [1.54, 1.807) is 5.16 Å². The summed E-state index contributed by atoms with van der Waals surface area (Å²) in [6, 6.07) is 19.9. The highest BCUT2D eigenvalue weighted by Crippen LogP contribution is 2.34. The van der Waals surface area contributed by atoms with E-state index in [-0.39, 0.29) is 0 Å². The van der Waals surface area contributed by atoms with E-state index in [1.807, 2.05) is 36.4 Å². The van der Waals surface area contributed by atoms with Crippen LogP contribution in [0.25, 0.3) is 22.3 Å². The Balaban J connectivity index is 0.000000941. The van der Waals surface area contributed by atoms with Gasteiger partial charge in [-0.2, -0.15) is 0 Å². The third kappa shape index (κ3) is 6.70. The molecule has 3 aromatic rings. The van der Waals surface area contributed by atoms with Gasteiger partial charge in [-0.15, -0.1) is 0 Å². The molecule has 0 radical (unpaired) electrons. The van der Waals surface area contributed by atoms with Gasteiger partial charge in [0.25, 0.3) is 0 Å².